The minimum atomic E-state index is -0.510. The molecule has 0 radical (unpaired) electrons. The Labute approximate surface area is 152 Å². The Kier molecular flexibility index (Phi) is 5.38. The fourth-order valence-electron chi connectivity index (χ4n) is 2.70. The van der Waals surface area contributed by atoms with Gasteiger partial charge in [-0.1, -0.05) is 18.2 Å². The zero-order valence-electron chi connectivity index (χ0n) is 14.6. The summed E-state index contributed by atoms with van der Waals surface area (Å²) >= 11 is 0. The van der Waals surface area contributed by atoms with Crippen LogP contribution < -0.4 is 26.2 Å². The normalized spacial score (nSPS) is 14.1. The lowest BCUT2D eigenvalue weighted by atomic mass is 10.1. The summed E-state index contributed by atoms with van der Waals surface area (Å²) < 4.78 is 5.80. The average molecular weight is 354 g/mol. The highest BCUT2D eigenvalue weighted by Crippen LogP contribution is 2.39. The van der Waals surface area contributed by atoms with Crippen LogP contribution in [-0.4, -0.2) is 31.4 Å². The van der Waals surface area contributed by atoms with E-state index in [1.165, 1.54) is 5.01 Å². The topological polar surface area (TPSA) is 96.7 Å². The van der Waals surface area contributed by atoms with Gasteiger partial charge < -0.3 is 25.2 Å². The Morgan fingerprint density at radius 3 is 2.85 bits per heavy atom. The summed E-state index contributed by atoms with van der Waals surface area (Å²) in [5.41, 5.74) is 2.40. The van der Waals surface area contributed by atoms with Gasteiger partial charge in [-0.25, -0.2) is 5.84 Å². The number of nitrogens with two attached hydrogens (primary N) is 1. The summed E-state index contributed by atoms with van der Waals surface area (Å²) in [7, 11) is 0. The van der Waals surface area contributed by atoms with Gasteiger partial charge in [0.25, 0.3) is 5.91 Å². The molecule has 0 aliphatic carbocycles. The fourth-order valence-corrected chi connectivity index (χ4v) is 2.70. The first-order valence-electron chi connectivity index (χ1n) is 8.50. The van der Waals surface area contributed by atoms with Crippen molar-refractivity contribution in [1.29, 1.82) is 0 Å². The van der Waals surface area contributed by atoms with Crippen LogP contribution in [-0.2, 0) is 4.79 Å². The molecule has 2 aromatic carbocycles. The molecule has 0 bridgehead atoms. The lowest BCUT2D eigenvalue weighted by Crippen LogP contribution is -2.40. The van der Waals surface area contributed by atoms with Gasteiger partial charge in [-0.3, -0.25) is 4.79 Å². The van der Waals surface area contributed by atoms with Crippen molar-refractivity contribution >= 4 is 29.3 Å². The van der Waals surface area contributed by atoms with Crippen LogP contribution in [0, 0.1) is 0 Å². The monoisotopic (exact) mass is 354 g/mol. The number of hydrazine groups is 1. The predicted molar refractivity (Wildman–Crippen MR) is 102 cm³/mol. The van der Waals surface area contributed by atoms with Gasteiger partial charge in [-0.15, -0.1) is 0 Å². The van der Waals surface area contributed by atoms with Crippen LogP contribution in [0.4, 0.5) is 17.1 Å². The SMILES string of the molecule is C[C@@H](C=O)N(N)c1cc(NC(=O)c2ccccc2)c2c(c1)OCCCN2. The first-order chi connectivity index (χ1) is 12.6. The maximum absolute atomic E-state index is 12.6. The van der Waals surface area contributed by atoms with Crippen LogP contribution >= 0.6 is 0 Å². The third-order valence-corrected chi connectivity index (χ3v) is 4.19. The molecule has 0 aromatic heterocycles. The van der Waals surface area contributed by atoms with Gasteiger partial charge in [0.2, 0.25) is 0 Å². The zero-order valence-corrected chi connectivity index (χ0v) is 14.6. The zero-order chi connectivity index (χ0) is 18.5. The Hall–Kier alpha value is -3.06. The number of nitrogens with one attached hydrogen (secondary N) is 2. The van der Waals surface area contributed by atoms with E-state index in [1.54, 1.807) is 43.3 Å². The number of fused-ring (bicyclic) bond motifs is 1. The third-order valence-electron chi connectivity index (χ3n) is 4.19. The highest BCUT2D eigenvalue weighted by molar-refractivity contribution is 6.06. The van der Waals surface area contributed by atoms with Gasteiger partial charge in [-0.05, 0) is 31.5 Å². The van der Waals surface area contributed by atoms with Crippen molar-refractivity contribution in [3.8, 4) is 5.75 Å². The highest BCUT2D eigenvalue weighted by atomic mass is 16.5. The molecule has 2 aromatic rings. The molecule has 7 nitrogen and oxygen atoms in total. The molecule has 1 amide bonds. The van der Waals surface area contributed by atoms with E-state index in [0.717, 1.165) is 19.3 Å². The summed E-state index contributed by atoms with van der Waals surface area (Å²) in [4.78, 5) is 23.7. The molecule has 1 atom stereocenters. The number of aldehydes is 1. The van der Waals surface area contributed by atoms with Crippen LogP contribution in [0.25, 0.3) is 0 Å². The molecule has 1 aliphatic rings. The molecule has 4 N–H and O–H groups in total. The largest absolute Gasteiger partial charge is 0.491 e. The number of nitrogens with zero attached hydrogens (tertiary/aromatic N) is 1. The molecule has 0 saturated heterocycles. The van der Waals surface area contributed by atoms with Crippen LogP contribution in [0.1, 0.15) is 23.7 Å². The van der Waals surface area contributed by atoms with E-state index in [4.69, 9.17) is 10.6 Å². The lowest BCUT2D eigenvalue weighted by molar-refractivity contribution is -0.108. The van der Waals surface area contributed by atoms with E-state index in [1.807, 2.05) is 6.07 Å². The van der Waals surface area contributed by atoms with Gasteiger partial charge >= 0.3 is 0 Å². The van der Waals surface area contributed by atoms with Crippen molar-refractivity contribution in [2.45, 2.75) is 19.4 Å². The maximum Gasteiger partial charge on any atom is 0.255 e. The molecule has 1 aliphatic heterocycles. The Morgan fingerprint density at radius 2 is 2.12 bits per heavy atom. The highest BCUT2D eigenvalue weighted by Gasteiger charge is 2.20. The van der Waals surface area contributed by atoms with Gasteiger partial charge in [0.1, 0.15) is 17.7 Å². The first kappa shape index (κ1) is 17.8. The summed E-state index contributed by atoms with van der Waals surface area (Å²) in [5, 5.41) is 7.55. The van der Waals surface area contributed by atoms with E-state index >= 15 is 0 Å². The lowest BCUT2D eigenvalue weighted by Gasteiger charge is -2.25. The number of benzene rings is 2. The van der Waals surface area contributed by atoms with Crippen molar-refractivity contribution in [3.63, 3.8) is 0 Å². The summed E-state index contributed by atoms with van der Waals surface area (Å²) in [6.45, 7) is 2.99. The molecule has 26 heavy (non-hydrogen) atoms. The molecule has 3 rings (SSSR count). The molecule has 7 heteroatoms. The third kappa shape index (κ3) is 3.78. The minimum Gasteiger partial charge on any atom is -0.491 e. The van der Waals surface area contributed by atoms with Crippen LogP contribution in [0.15, 0.2) is 42.5 Å². The number of rotatable bonds is 5. The number of ether oxygens (including phenoxy) is 1. The van der Waals surface area contributed by atoms with Gasteiger partial charge in [0.15, 0.2) is 0 Å². The molecule has 136 valence electrons. The summed E-state index contributed by atoms with van der Waals surface area (Å²) in [6.07, 6.45) is 1.60. The van der Waals surface area contributed by atoms with Gasteiger partial charge in [-0.2, -0.15) is 0 Å². The molecule has 1 heterocycles. The van der Waals surface area contributed by atoms with Crippen LogP contribution in [0.5, 0.6) is 5.75 Å². The van der Waals surface area contributed by atoms with Crippen molar-refractivity contribution in [3.05, 3.63) is 48.0 Å². The number of hydrogen-bond acceptors (Lipinski definition) is 6. The number of amides is 1. The smallest absolute Gasteiger partial charge is 0.255 e. The Morgan fingerprint density at radius 1 is 1.35 bits per heavy atom. The Balaban J connectivity index is 1.98. The Bertz CT molecular complexity index is 795. The molecular formula is C19H22N4O3. The number of anilines is 3. The van der Waals surface area contributed by atoms with E-state index < -0.39 is 6.04 Å². The minimum absolute atomic E-state index is 0.233. The molecular weight excluding hydrogens is 332 g/mol. The fraction of sp³-hybridized carbons (Fsp3) is 0.263. The second-order valence-corrected chi connectivity index (χ2v) is 6.10. The summed E-state index contributed by atoms with van der Waals surface area (Å²) in [6, 6.07) is 11.9. The molecule has 0 unspecified atom stereocenters. The number of carbonyl (C=O) groups is 2. The van der Waals surface area contributed by atoms with Gasteiger partial charge in [0.05, 0.1) is 24.0 Å². The van der Waals surface area contributed by atoms with Gasteiger partial charge in [0, 0.05) is 18.2 Å². The average Bonchev–Trinajstić information content (AvgIpc) is 2.93. The van der Waals surface area contributed by atoms with Crippen molar-refractivity contribution < 1.29 is 14.3 Å². The molecule has 0 fully saturated rings. The van der Waals surface area contributed by atoms with E-state index in [2.05, 4.69) is 10.6 Å². The molecule has 0 saturated carbocycles. The van der Waals surface area contributed by atoms with E-state index in [9.17, 15) is 9.59 Å². The van der Waals surface area contributed by atoms with Crippen molar-refractivity contribution in [2.24, 2.45) is 5.84 Å². The number of hydrogen-bond donors (Lipinski definition) is 3. The van der Waals surface area contributed by atoms with E-state index in [-0.39, 0.29) is 5.91 Å². The first-order valence-corrected chi connectivity index (χ1v) is 8.50. The second-order valence-electron chi connectivity index (χ2n) is 6.10. The van der Waals surface area contributed by atoms with Crippen LogP contribution in [0.2, 0.25) is 0 Å². The standard InChI is InChI=1S/C19H22N4O3/c1-13(12-24)23(20)15-10-16(18-17(11-15)26-9-5-8-21-18)22-19(25)14-6-3-2-4-7-14/h2-4,6-7,10-13,21H,5,8-9,20H2,1H3,(H,22,25)/t13-/m0/s1. The summed E-state index contributed by atoms with van der Waals surface area (Å²) in [5.74, 6) is 6.41. The van der Waals surface area contributed by atoms with Crippen molar-refractivity contribution in [1.82, 2.24) is 0 Å². The van der Waals surface area contributed by atoms with E-state index in [0.29, 0.717) is 35.0 Å². The quantitative estimate of drug-likeness (QED) is 0.433. The van der Waals surface area contributed by atoms with Crippen LogP contribution in [0.3, 0.4) is 0 Å². The number of carbonyl (C=O) groups excluding carboxylic acids is 2. The second kappa shape index (κ2) is 7.88. The van der Waals surface area contributed by atoms with Crippen molar-refractivity contribution in [2.75, 3.05) is 28.8 Å². The molecule has 0 spiro atoms. The maximum atomic E-state index is 12.6. The predicted octanol–water partition coefficient (Wildman–Crippen LogP) is 2.40.